The van der Waals surface area contributed by atoms with E-state index in [1.54, 1.807) is 0 Å². The maximum atomic E-state index is 6.03. The predicted molar refractivity (Wildman–Crippen MR) is 86.0 cm³/mol. The Balaban J connectivity index is 1.93. The van der Waals surface area contributed by atoms with Crippen LogP contribution < -0.4 is 10.6 Å². The van der Waals surface area contributed by atoms with Gasteiger partial charge in [-0.15, -0.1) is 0 Å². The Kier molecular flexibility index (Phi) is 3.81. The fourth-order valence-corrected chi connectivity index (χ4v) is 2.43. The van der Waals surface area contributed by atoms with Crippen molar-refractivity contribution in [3.8, 4) is 0 Å². The van der Waals surface area contributed by atoms with Crippen molar-refractivity contribution in [1.29, 1.82) is 0 Å². The Morgan fingerprint density at radius 2 is 1.95 bits per heavy atom. The minimum Gasteiger partial charge on any atom is -0.373 e. The Morgan fingerprint density at radius 3 is 2.65 bits per heavy atom. The summed E-state index contributed by atoms with van der Waals surface area (Å²) < 4.78 is 0.944. The molecule has 1 fully saturated rings. The molecule has 1 saturated carbocycles. The molecule has 0 saturated heterocycles. The van der Waals surface area contributed by atoms with Gasteiger partial charge in [-0.05, 0) is 47.0 Å². The molecule has 20 heavy (non-hydrogen) atoms. The second kappa shape index (κ2) is 5.58. The number of nitrogens with one attached hydrogen (secondary N) is 2. The van der Waals surface area contributed by atoms with Gasteiger partial charge in [0.2, 0.25) is 0 Å². The zero-order valence-corrected chi connectivity index (χ0v) is 13.3. The summed E-state index contributed by atoms with van der Waals surface area (Å²) in [6.45, 7) is 0. The highest BCUT2D eigenvalue weighted by Gasteiger charge is 2.27. The van der Waals surface area contributed by atoms with E-state index in [0.717, 1.165) is 27.6 Å². The van der Waals surface area contributed by atoms with E-state index in [-0.39, 0.29) is 0 Å². The lowest BCUT2D eigenvalue weighted by Crippen LogP contribution is -2.03. The number of nitrogens with zero attached hydrogens (tertiary/aromatic N) is 2. The first kappa shape index (κ1) is 13.6. The first-order valence-corrected chi connectivity index (χ1v) is 7.61. The van der Waals surface area contributed by atoms with Crippen molar-refractivity contribution < 1.29 is 0 Å². The topological polar surface area (TPSA) is 49.8 Å². The number of aromatic nitrogens is 2. The van der Waals surface area contributed by atoms with Gasteiger partial charge in [-0.25, -0.2) is 9.97 Å². The van der Waals surface area contributed by atoms with Crippen molar-refractivity contribution in [3.63, 3.8) is 0 Å². The lowest BCUT2D eigenvalue weighted by molar-refractivity contribution is 0.932. The molecule has 1 aliphatic carbocycles. The summed E-state index contributed by atoms with van der Waals surface area (Å²) in [6.07, 6.45) is 2.35. The predicted octanol–water partition coefficient (Wildman–Crippen LogP) is 4.56. The van der Waals surface area contributed by atoms with E-state index in [1.165, 1.54) is 12.8 Å². The minimum atomic E-state index is 0.506. The molecule has 1 aromatic heterocycles. The summed E-state index contributed by atoms with van der Waals surface area (Å²) in [7, 11) is 1.86. The van der Waals surface area contributed by atoms with Gasteiger partial charge in [0.25, 0.3) is 0 Å². The van der Waals surface area contributed by atoms with Gasteiger partial charge in [-0.1, -0.05) is 11.6 Å². The molecule has 1 aliphatic rings. The number of hydrogen-bond acceptors (Lipinski definition) is 4. The fraction of sp³-hybridized carbons (Fsp3) is 0.286. The standard InChI is InChI=1S/C14H14BrClN4/c1-17-12-7-13(20-14(19-12)8-2-3-8)18-11-6-9(16)4-5-10(11)15/h4-8H,2-3H2,1H3,(H2,17,18,19,20). The Labute approximate surface area is 131 Å². The summed E-state index contributed by atoms with van der Waals surface area (Å²) in [6, 6.07) is 7.50. The van der Waals surface area contributed by atoms with E-state index >= 15 is 0 Å². The second-order valence-electron chi connectivity index (χ2n) is 4.77. The molecule has 0 spiro atoms. The summed E-state index contributed by atoms with van der Waals surface area (Å²) in [5.41, 5.74) is 0.889. The number of anilines is 3. The van der Waals surface area contributed by atoms with Crippen molar-refractivity contribution in [2.75, 3.05) is 17.7 Å². The third kappa shape index (κ3) is 3.04. The lowest BCUT2D eigenvalue weighted by Gasteiger charge is -2.11. The zero-order chi connectivity index (χ0) is 14.1. The van der Waals surface area contributed by atoms with Gasteiger partial charge in [0.05, 0.1) is 5.69 Å². The van der Waals surface area contributed by atoms with Crippen molar-refractivity contribution in [2.45, 2.75) is 18.8 Å². The summed E-state index contributed by atoms with van der Waals surface area (Å²) in [5, 5.41) is 7.04. The summed E-state index contributed by atoms with van der Waals surface area (Å²) in [5.74, 6) is 3.00. The molecule has 1 heterocycles. The molecule has 6 heteroatoms. The van der Waals surface area contributed by atoms with Crippen LogP contribution in [0.4, 0.5) is 17.3 Å². The molecule has 0 atom stereocenters. The van der Waals surface area contributed by atoms with Gasteiger partial charge in [-0.2, -0.15) is 0 Å². The molecule has 0 unspecified atom stereocenters. The smallest absolute Gasteiger partial charge is 0.136 e. The SMILES string of the molecule is CNc1cc(Nc2cc(Cl)ccc2Br)nc(C2CC2)n1. The van der Waals surface area contributed by atoms with E-state index in [4.69, 9.17) is 11.6 Å². The molecule has 0 bridgehead atoms. The Hall–Kier alpha value is -1.33. The van der Waals surface area contributed by atoms with Crippen molar-refractivity contribution >= 4 is 44.9 Å². The average molecular weight is 354 g/mol. The van der Waals surface area contributed by atoms with E-state index in [1.807, 2.05) is 31.3 Å². The van der Waals surface area contributed by atoms with Crippen molar-refractivity contribution in [2.24, 2.45) is 0 Å². The Bertz CT molecular complexity index is 643. The van der Waals surface area contributed by atoms with E-state index in [2.05, 4.69) is 36.5 Å². The minimum absolute atomic E-state index is 0.506. The first-order chi connectivity index (χ1) is 9.65. The zero-order valence-electron chi connectivity index (χ0n) is 11.0. The van der Waals surface area contributed by atoms with Crippen LogP contribution in [0.5, 0.6) is 0 Å². The summed E-state index contributed by atoms with van der Waals surface area (Å²) in [4.78, 5) is 9.08. The molecular weight excluding hydrogens is 340 g/mol. The van der Waals surface area contributed by atoms with Crippen LogP contribution in [0.25, 0.3) is 0 Å². The van der Waals surface area contributed by atoms with Crippen LogP contribution in [0.2, 0.25) is 5.02 Å². The van der Waals surface area contributed by atoms with E-state index in [9.17, 15) is 0 Å². The third-order valence-electron chi connectivity index (χ3n) is 3.13. The highest BCUT2D eigenvalue weighted by atomic mass is 79.9. The van der Waals surface area contributed by atoms with E-state index in [0.29, 0.717) is 10.9 Å². The van der Waals surface area contributed by atoms with Crippen LogP contribution in [-0.2, 0) is 0 Å². The number of benzene rings is 1. The second-order valence-corrected chi connectivity index (χ2v) is 6.06. The van der Waals surface area contributed by atoms with Gasteiger partial charge in [0, 0.05) is 28.5 Å². The van der Waals surface area contributed by atoms with Crippen molar-refractivity contribution in [3.05, 3.63) is 39.6 Å². The van der Waals surface area contributed by atoms with Crippen LogP contribution in [0.15, 0.2) is 28.7 Å². The number of rotatable bonds is 4. The molecule has 1 aromatic carbocycles. The molecule has 0 amide bonds. The van der Waals surface area contributed by atoms with Crippen molar-refractivity contribution in [1.82, 2.24) is 9.97 Å². The normalized spacial score (nSPS) is 14.2. The maximum Gasteiger partial charge on any atom is 0.136 e. The number of hydrogen-bond donors (Lipinski definition) is 2. The largest absolute Gasteiger partial charge is 0.373 e. The van der Waals surface area contributed by atoms with Gasteiger partial charge >= 0.3 is 0 Å². The third-order valence-corrected chi connectivity index (χ3v) is 4.06. The lowest BCUT2D eigenvalue weighted by atomic mass is 10.3. The highest BCUT2D eigenvalue weighted by molar-refractivity contribution is 9.10. The molecule has 104 valence electrons. The van der Waals surface area contributed by atoms with Crippen LogP contribution in [0.1, 0.15) is 24.6 Å². The molecular formula is C14H14BrClN4. The molecule has 4 nitrogen and oxygen atoms in total. The molecule has 2 N–H and O–H groups in total. The fourth-order valence-electron chi connectivity index (χ4n) is 1.91. The molecule has 0 aliphatic heterocycles. The van der Waals surface area contributed by atoms with Gasteiger partial charge in [0.15, 0.2) is 0 Å². The van der Waals surface area contributed by atoms with Gasteiger partial charge < -0.3 is 10.6 Å². The Morgan fingerprint density at radius 1 is 1.20 bits per heavy atom. The van der Waals surface area contributed by atoms with Crippen LogP contribution in [-0.4, -0.2) is 17.0 Å². The van der Waals surface area contributed by atoms with Gasteiger partial charge in [-0.3, -0.25) is 0 Å². The molecule has 2 aromatic rings. The summed E-state index contributed by atoms with van der Waals surface area (Å²) >= 11 is 9.53. The average Bonchev–Trinajstić information content (AvgIpc) is 3.27. The van der Waals surface area contributed by atoms with E-state index < -0.39 is 0 Å². The molecule has 0 radical (unpaired) electrons. The van der Waals surface area contributed by atoms with Gasteiger partial charge in [0.1, 0.15) is 17.5 Å². The van der Waals surface area contributed by atoms with Crippen LogP contribution in [0.3, 0.4) is 0 Å². The quantitative estimate of drug-likeness (QED) is 0.846. The monoisotopic (exact) mass is 352 g/mol. The first-order valence-electron chi connectivity index (χ1n) is 6.44. The molecule has 3 rings (SSSR count). The highest BCUT2D eigenvalue weighted by Crippen LogP contribution is 2.39. The maximum absolute atomic E-state index is 6.03. The van der Waals surface area contributed by atoms with Crippen LogP contribution >= 0.6 is 27.5 Å². The number of halogens is 2. The van der Waals surface area contributed by atoms with Crippen LogP contribution in [0, 0.1) is 0 Å².